The highest BCUT2D eigenvalue weighted by atomic mass is 35.5. The van der Waals surface area contributed by atoms with Crippen LogP contribution in [0.2, 0.25) is 5.02 Å². The van der Waals surface area contributed by atoms with Gasteiger partial charge < -0.3 is 18.9 Å². The van der Waals surface area contributed by atoms with Crippen LogP contribution in [0.5, 0.6) is 17.2 Å². The molecule has 0 radical (unpaired) electrons. The number of hydrogen-bond acceptors (Lipinski definition) is 8. The van der Waals surface area contributed by atoms with E-state index in [-0.39, 0.29) is 17.7 Å². The number of ether oxygens (including phenoxy) is 4. The van der Waals surface area contributed by atoms with Crippen LogP contribution in [0.3, 0.4) is 0 Å². The Morgan fingerprint density at radius 2 is 1.74 bits per heavy atom. The molecule has 0 bridgehead atoms. The maximum atomic E-state index is 14.3. The largest absolute Gasteiger partial charge is 0.496 e. The summed E-state index contributed by atoms with van der Waals surface area (Å²) in [4.78, 5) is 33.0. The molecule has 5 aromatic rings. The van der Waals surface area contributed by atoms with E-state index in [1.165, 1.54) is 18.4 Å². The number of carbonyl (C=O) groups excluding carboxylic acids is 1. The molecule has 0 saturated heterocycles. The first-order valence-electron chi connectivity index (χ1n) is 14.6. The van der Waals surface area contributed by atoms with Crippen LogP contribution in [0, 0.1) is 0 Å². The Hall–Kier alpha value is -4.86. The number of nitrogens with zero attached hydrogens (tertiary/aromatic N) is 2. The first-order chi connectivity index (χ1) is 22.3. The van der Waals surface area contributed by atoms with Crippen molar-refractivity contribution in [3.05, 3.63) is 132 Å². The third kappa shape index (κ3) is 5.79. The van der Waals surface area contributed by atoms with Crippen molar-refractivity contribution in [2.45, 2.75) is 26.5 Å². The van der Waals surface area contributed by atoms with Gasteiger partial charge in [0.15, 0.2) is 16.3 Å². The lowest BCUT2D eigenvalue weighted by Crippen LogP contribution is -2.40. The van der Waals surface area contributed by atoms with E-state index in [9.17, 15) is 9.59 Å². The summed E-state index contributed by atoms with van der Waals surface area (Å²) in [6, 6.07) is 24.0. The zero-order chi connectivity index (χ0) is 32.4. The van der Waals surface area contributed by atoms with E-state index in [0.29, 0.717) is 55.0 Å². The van der Waals surface area contributed by atoms with Gasteiger partial charge in [-0.2, -0.15) is 0 Å². The van der Waals surface area contributed by atoms with Gasteiger partial charge in [0, 0.05) is 5.56 Å². The fraction of sp³-hybridized carbons (Fsp3) is 0.194. The van der Waals surface area contributed by atoms with E-state index in [4.69, 9.17) is 35.5 Å². The van der Waals surface area contributed by atoms with Crippen molar-refractivity contribution >= 4 is 45.8 Å². The molecule has 6 rings (SSSR count). The molecule has 0 aliphatic carbocycles. The zero-order valence-electron chi connectivity index (χ0n) is 25.7. The molecule has 0 amide bonds. The lowest BCUT2D eigenvalue weighted by molar-refractivity contribution is -0.139. The van der Waals surface area contributed by atoms with E-state index >= 15 is 0 Å². The summed E-state index contributed by atoms with van der Waals surface area (Å²) >= 11 is 7.91. The van der Waals surface area contributed by atoms with Crippen LogP contribution in [-0.4, -0.2) is 31.4 Å². The Morgan fingerprint density at radius 3 is 2.48 bits per heavy atom. The predicted molar refractivity (Wildman–Crippen MR) is 180 cm³/mol. The van der Waals surface area contributed by atoms with Crippen LogP contribution >= 0.6 is 22.9 Å². The van der Waals surface area contributed by atoms with E-state index in [1.807, 2.05) is 66.7 Å². The normalized spacial score (nSPS) is 14.5. The summed E-state index contributed by atoms with van der Waals surface area (Å²) < 4.78 is 24.9. The number of benzene rings is 4. The quantitative estimate of drug-likeness (QED) is 0.176. The number of halogens is 1. The van der Waals surface area contributed by atoms with Crippen LogP contribution in [0.25, 0.3) is 16.8 Å². The van der Waals surface area contributed by atoms with Crippen molar-refractivity contribution in [2.75, 3.05) is 20.8 Å². The molecule has 0 unspecified atom stereocenters. The molecule has 4 aromatic carbocycles. The Morgan fingerprint density at radius 1 is 1.00 bits per heavy atom. The second-order valence-electron chi connectivity index (χ2n) is 10.5. The van der Waals surface area contributed by atoms with E-state index < -0.39 is 12.0 Å². The summed E-state index contributed by atoms with van der Waals surface area (Å²) in [5.41, 5.74) is 2.73. The molecule has 1 atom stereocenters. The molecule has 2 heterocycles. The van der Waals surface area contributed by atoms with Crippen LogP contribution in [0.15, 0.2) is 99.9 Å². The van der Waals surface area contributed by atoms with Gasteiger partial charge in [0.2, 0.25) is 0 Å². The van der Waals surface area contributed by atoms with Crippen molar-refractivity contribution in [1.29, 1.82) is 0 Å². The molecule has 1 aliphatic rings. The molecular formula is C36H31ClN2O6S. The molecule has 0 spiro atoms. The minimum absolute atomic E-state index is 0.174. The van der Waals surface area contributed by atoms with Gasteiger partial charge >= 0.3 is 5.97 Å². The van der Waals surface area contributed by atoms with Gasteiger partial charge in [0.05, 0.1) is 41.7 Å². The lowest BCUT2D eigenvalue weighted by atomic mass is 9.90. The molecule has 234 valence electrons. The summed E-state index contributed by atoms with van der Waals surface area (Å²) in [6.07, 6.45) is 1.74. The number of carbonyl (C=O) groups is 1. The number of hydrogen-bond donors (Lipinski definition) is 0. The van der Waals surface area contributed by atoms with Gasteiger partial charge in [-0.15, -0.1) is 0 Å². The number of aromatic nitrogens is 1. The molecule has 10 heteroatoms. The second-order valence-corrected chi connectivity index (χ2v) is 11.9. The highest BCUT2D eigenvalue weighted by molar-refractivity contribution is 7.07. The van der Waals surface area contributed by atoms with Crippen molar-refractivity contribution in [3.63, 3.8) is 0 Å². The van der Waals surface area contributed by atoms with Crippen molar-refractivity contribution in [3.8, 4) is 17.2 Å². The number of fused-ring (bicyclic) bond motifs is 2. The van der Waals surface area contributed by atoms with Gasteiger partial charge in [-0.3, -0.25) is 9.36 Å². The summed E-state index contributed by atoms with van der Waals surface area (Å²) in [5, 5.41) is 2.13. The Bertz CT molecular complexity index is 2170. The topological polar surface area (TPSA) is 88.4 Å². The summed E-state index contributed by atoms with van der Waals surface area (Å²) in [7, 11) is 3.11. The fourth-order valence-electron chi connectivity index (χ4n) is 5.64. The lowest BCUT2D eigenvalue weighted by Gasteiger charge is -2.27. The highest BCUT2D eigenvalue weighted by Crippen LogP contribution is 2.41. The third-order valence-corrected chi connectivity index (χ3v) is 8.98. The fourth-order valence-corrected chi connectivity index (χ4v) is 6.96. The molecule has 0 fully saturated rings. The number of rotatable bonds is 9. The Balaban J connectivity index is 1.51. The van der Waals surface area contributed by atoms with Gasteiger partial charge in [-0.25, -0.2) is 9.79 Å². The smallest absolute Gasteiger partial charge is 0.338 e. The van der Waals surface area contributed by atoms with Gasteiger partial charge in [0.25, 0.3) is 5.56 Å². The van der Waals surface area contributed by atoms with Crippen molar-refractivity contribution in [1.82, 2.24) is 4.57 Å². The molecule has 0 saturated carbocycles. The van der Waals surface area contributed by atoms with Crippen LogP contribution in [-0.2, 0) is 16.1 Å². The number of esters is 1. The Labute approximate surface area is 274 Å². The summed E-state index contributed by atoms with van der Waals surface area (Å²) in [6.45, 7) is 3.99. The maximum absolute atomic E-state index is 14.3. The Kier molecular flexibility index (Phi) is 8.96. The molecule has 1 aliphatic heterocycles. The highest BCUT2D eigenvalue weighted by Gasteiger charge is 2.36. The van der Waals surface area contributed by atoms with E-state index in [0.717, 1.165) is 16.3 Å². The van der Waals surface area contributed by atoms with Crippen molar-refractivity contribution in [2.24, 2.45) is 4.99 Å². The second kappa shape index (κ2) is 13.2. The standard InChI is InChI=1S/C36H31ClN2O6S/c1-5-44-35(41)30-21(2)38-36-39(32(30)31-25-14-10-9-13-24(25)15-16-27(31)42-3)34(40)29(46-36)19-23-17-26(37)33(28(18-23)43-4)45-20-22-11-7-6-8-12-22/h6-19,32H,5,20H2,1-4H3/b29-19-/t32-/m1/s1. The van der Waals surface area contributed by atoms with E-state index in [2.05, 4.69) is 0 Å². The molecule has 1 aromatic heterocycles. The predicted octanol–water partition coefficient (Wildman–Crippen LogP) is 6.20. The molecule has 8 nitrogen and oxygen atoms in total. The average molecular weight is 655 g/mol. The monoisotopic (exact) mass is 654 g/mol. The van der Waals surface area contributed by atoms with Gasteiger partial charge in [0.1, 0.15) is 18.4 Å². The van der Waals surface area contributed by atoms with E-state index in [1.54, 1.807) is 43.7 Å². The zero-order valence-corrected chi connectivity index (χ0v) is 27.3. The van der Waals surface area contributed by atoms with Gasteiger partial charge in [-0.05, 0) is 60.0 Å². The number of allylic oxidation sites excluding steroid dienone is 1. The minimum Gasteiger partial charge on any atom is -0.496 e. The number of thiazole rings is 1. The molecule has 46 heavy (non-hydrogen) atoms. The average Bonchev–Trinajstić information content (AvgIpc) is 3.36. The first kappa shape index (κ1) is 31.1. The SMILES string of the molecule is CCOC(=O)C1=C(C)N=c2s/c(=C\c3cc(Cl)c(OCc4ccccc4)c(OC)c3)c(=O)n2[C@H]1c1c(OC)ccc2ccccc12. The maximum Gasteiger partial charge on any atom is 0.338 e. The third-order valence-electron chi connectivity index (χ3n) is 7.72. The van der Waals surface area contributed by atoms with Crippen LogP contribution in [0.4, 0.5) is 0 Å². The van der Waals surface area contributed by atoms with Crippen LogP contribution in [0.1, 0.15) is 36.6 Å². The van der Waals surface area contributed by atoms with Crippen molar-refractivity contribution < 1.29 is 23.7 Å². The van der Waals surface area contributed by atoms with Gasteiger partial charge in [-0.1, -0.05) is 83.6 Å². The molecule has 0 N–H and O–H groups in total. The minimum atomic E-state index is -0.842. The molecular weight excluding hydrogens is 624 g/mol. The first-order valence-corrected chi connectivity index (χ1v) is 15.8. The summed E-state index contributed by atoms with van der Waals surface area (Å²) in [5.74, 6) is 0.837. The van der Waals surface area contributed by atoms with Crippen LogP contribution < -0.4 is 29.1 Å². The number of methoxy groups -OCH3 is 2.